The molecule has 0 aromatic heterocycles. The highest BCUT2D eigenvalue weighted by molar-refractivity contribution is 5.43. The lowest BCUT2D eigenvalue weighted by Gasteiger charge is -1.92. The van der Waals surface area contributed by atoms with Crippen LogP contribution in [0.25, 0.3) is 0 Å². The van der Waals surface area contributed by atoms with Crippen molar-refractivity contribution >= 4 is 0 Å². The minimum Gasteiger partial charge on any atom is -0.396 e. The Labute approximate surface area is 122 Å². The average molecular weight is 272 g/mol. The van der Waals surface area contributed by atoms with Gasteiger partial charge in [0.25, 0.3) is 0 Å². The summed E-state index contributed by atoms with van der Waals surface area (Å²) in [6, 6.07) is 7.79. The van der Waals surface area contributed by atoms with Crippen molar-refractivity contribution in [1.82, 2.24) is 0 Å². The first kappa shape index (κ1) is 18.3. The van der Waals surface area contributed by atoms with Gasteiger partial charge >= 0.3 is 0 Å². The van der Waals surface area contributed by atoms with Crippen LogP contribution in [0.2, 0.25) is 0 Å². The maximum atomic E-state index is 8.64. The third-order valence-corrected chi connectivity index (χ3v) is 2.25. The van der Waals surface area contributed by atoms with Crippen molar-refractivity contribution in [2.75, 3.05) is 13.2 Å². The van der Waals surface area contributed by atoms with Gasteiger partial charge in [-0.3, -0.25) is 0 Å². The largest absolute Gasteiger partial charge is 0.396 e. The zero-order valence-electron chi connectivity index (χ0n) is 12.4. The van der Waals surface area contributed by atoms with Crippen LogP contribution >= 0.6 is 0 Å². The van der Waals surface area contributed by atoms with Crippen LogP contribution in [0.1, 0.15) is 50.7 Å². The summed E-state index contributed by atoms with van der Waals surface area (Å²) in [5.74, 6) is 12.1. The molecule has 1 aromatic carbocycles. The minimum atomic E-state index is 0.186. The van der Waals surface area contributed by atoms with Crippen molar-refractivity contribution < 1.29 is 10.2 Å². The first-order valence-electron chi connectivity index (χ1n) is 7.16. The number of hydrogen-bond acceptors (Lipinski definition) is 2. The second-order valence-corrected chi connectivity index (χ2v) is 3.84. The van der Waals surface area contributed by atoms with Crippen molar-refractivity contribution in [3.05, 3.63) is 35.4 Å². The van der Waals surface area contributed by atoms with Gasteiger partial charge in [-0.1, -0.05) is 43.6 Å². The molecule has 0 saturated heterocycles. The lowest BCUT2D eigenvalue weighted by atomic mass is 10.1. The smallest absolute Gasteiger partial charge is 0.0440 e. The molecule has 0 saturated carbocycles. The highest BCUT2D eigenvalue weighted by Gasteiger charge is 1.89. The van der Waals surface area contributed by atoms with Gasteiger partial charge in [-0.05, 0) is 31.0 Å². The van der Waals surface area contributed by atoms with E-state index in [4.69, 9.17) is 10.2 Å². The molecule has 2 nitrogen and oxygen atoms in total. The summed E-state index contributed by atoms with van der Waals surface area (Å²) in [7, 11) is 0. The predicted octanol–water partition coefficient (Wildman–Crippen LogP) is 2.96. The standard InChI is InChI=1S/C16H18O2.C2H6/c17-12-5-1-3-8-15-10-7-11-16(14-15)9-4-2-6-13-18;1-2/h7,10-11,14,17-18H,1-2,5-6,12-13H2;1-2H3. The van der Waals surface area contributed by atoms with E-state index in [1.54, 1.807) is 0 Å². The molecule has 0 heterocycles. The second kappa shape index (κ2) is 13.7. The second-order valence-electron chi connectivity index (χ2n) is 3.84. The normalized spacial score (nSPS) is 8.40. The van der Waals surface area contributed by atoms with Gasteiger partial charge in [0.15, 0.2) is 0 Å². The van der Waals surface area contributed by atoms with Crippen molar-refractivity contribution in [2.24, 2.45) is 0 Å². The van der Waals surface area contributed by atoms with E-state index in [0.29, 0.717) is 25.7 Å². The van der Waals surface area contributed by atoms with Crippen molar-refractivity contribution in [3.63, 3.8) is 0 Å². The number of hydrogen-bond donors (Lipinski definition) is 2. The number of benzene rings is 1. The third-order valence-electron chi connectivity index (χ3n) is 2.25. The molecule has 2 N–H and O–H groups in total. The summed E-state index contributed by atoms with van der Waals surface area (Å²) in [5, 5.41) is 17.3. The molecule has 0 aliphatic rings. The lowest BCUT2D eigenvalue weighted by molar-refractivity contribution is 0.290. The van der Waals surface area contributed by atoms with Crippen LogP contribution in [0.15, 0.2) is 24.3 Å². The summed E-state index contributed by atoms with van der Waals surface area (Å²) in [5.41, 5.74) is 1.89. The molecule has 0 radical (unpaired) electrons. The maximum absolute atomic E-state index is 8.64. The van der Waals surface area contributed by atoms with Crippen LogP contribution in [0.3, 0.4) is 0 Å². The Morgan fingerprint density at radius 2 is 1.30 bits per heavy atom. The summed E-state index contributed by atoms with van der Waals surface area (Å²) in [6.07, 6.45) is 2.85. The van der Waals surface area contributed by atoms with Gasteiger partial charge in [0.2, 0.25) is 0 Å². The Bertz CT molecular complexity index is 428. The van der Waals surface area contributed by atoms with Crippen molar-refractivity contribution in [2.45, 2.75) is 39.5 Å². The molecule has 0 unspecified atom stereocenters. The fraction of sp³-hybridized carbons (Fsp3) is 0.444. The van der Waals surface area contributed by atoms with E-state index in [2.05, 4.69) is 23.7 Å². The Hall–Kier alpha value is -1.74. The fourth-order valence-electron chi connectivity index (χ4n) is 1.34. The van der Waals surface area contributed by atoms with Gasteiger partial charge < -0.3 is 10.2 Å². The van der Waals surface area contributed by atoms with Crippen molar-refractivity contribution in [1.29, 1.82) is 0 Å². The van der Waals surface area contributed by atoms with Gasteiger partial charge in [-0.2, -0.15) is 0 Å². The average Bonchev–Trinajstić information content (AvgIpc) is 2.51. The quantitative estimate of drug-likeness (QED) is 0.653. The molecule has 0 atom stereocenters. The summed E-state index contributed by atoms with van der Waals surface area (Å²) < 4.78 is 0. The molecule has 0 amide bonds. The third kappa shape index (κ3) is 9.22. The van der Waals surface area contributed by atoms with E-state index in [9.17, 15) is 0 Å². The molecular formula is C18H24O2. The zero-order chi connectivity index (χ0) is 15.1. The van der Waals surface area contributed by atoms with Crippen LogP contribution in [0.5, 0.6) is 0 Å². The van der Waals surface area contributed by atoms with Crippen LogP contribution in [0, 0.1) is 23.7 Å². The van der Waals surface area contributed by atoms with Gasteiger partial charge in [-0.25, -0.2) is 0 Å². The lowest BCUT2D eigenvalue weighted by Crippen LogP contribution is -1.81. The number of unbranched alkanes of at least 4 members (excludes halogenated alkanes) is 2. The highest BCUT2D eigenvalue weighted by atomic mass is 16.3. The number of rotatable bonds is 4. The zero-order valence-corrected chi connectivity index (χ0v) is 12.4. The van der Waals surface area contributed by atoms with E-state index < -0.39 is 0 Å². The van der Waals surface area contributed by atoms with Crippen LogP contribution in [-0.4, -0.2) is 23.4 Å². The van der Waals surface area contributed by atoms with Crippen molar-refractivity contribution in [3.8, 4) is 23.7 Å². The topological polar surface area (TPSA) is 40.5 Å². The molecule has 0 bridgehead atoms. The molecule has 0 aliphatic carbocycles. The Kier molecular flexibility index (Phi) is 12.5. The van der Waals surface area contributed by atoms with Gasteiger partial charge in [0.05, 0.1) is 0 Å². The van der Waals surface area contributed by atoms with E-state index in [-0.39, 0.29) is 13.2 Å². The first-order chi connectivity index (χ1) is 9.86. The molecule has 0 spiro atoms. The predicted molar refractivity (Wildman–Crippen MR) is 84.2 cm³/mol. The van der Waals surface area contributed by atoms with E-state index in [1.807, 2.05) is 38.1 Å². The molecule has 1 rings (SSSR count). The summed E-state index contributed by atoms with van der Waals surface area (Å²) >= 11 is 0. The number of aliphatic hydroxyl groups is 2. The molecule has 0 aliphatic heterocycles. The molecule has 108 valence electrons. The SMILES string of the molecule is CC.OCCCC#Cc1cccc(C#CCCCO)c1. The summed E-state index contributed by atoms with van der Waals surface area (Å²) in [4.78, 5) is 0. The first-order valence-corrected chi connectivity index (χ1v) is 7.16. The van der Waals surface area contributed by atoms with Crippen LogP contribution in [-0.2, 0) is 0 Å². The molecular weight excluding hydrogens is 248 g/mol. The molecule has 2 heteroatoms. The van der Waals surface area contributed by atoms with Gasteiger partial charge in [0, 0.05) is 37.2 Å². The highest BCUT2D eigenvalue weighted by Crippen LogP contribution is 2.03. The summed E-state index contributed by atoms with van der Waals surface area (Å²) in [6.45, 7) is 4.37. The van der Waals surface area contributed by atoms with Gasteiger partial charge in [0.1, 0.15) is 0 Å². The Balaban J connectivity index is 0.00000172. The monoisotopic (exact) mass is 272 g/mol. The minimum absolute atomic E-state index is 0.186. The van der Waals surface area contributed by atoms with E-state index in [0.717, 1.165) is 11.1 Å². The maximum Gasteiger partial charge on any atom is 0.0440 e. The number of aliphatic hydroxyl groups excluding tert-OH is 2. The fourth-order valence-corrected chi connectivity index (χ4v) is 1.34. The molecule has 0 fully saturated rings. The Morgan fingerprint density at radius 1 is 0.850 bits per heavy atom. The Morgan fingerprint density at radius 3 is 1.70 bits per heavy atom. The van der Waals surface area contributed by atoms with Crippen LogP contribution < -0.4 is 0 Å². The van der Waals surface area contributed by atoms with E-state index >= 15 is 0 Å². The molecule has 20 heavy (non-hydrogen) atoms. The van der Waals surface area contributed by atoms with E-state index in [1.165, 1.54) is 0 Å². The molecule has 1 aromatic rings. The van der Waals surface area contributed by atoms with Gasteiger partial charge in [-0.15, -0.1) is 0 Å². The van der Waals surface area contributed by atoms with Crippen LogP contribution in [0.4, 0.5) is 0 Å².